The van der Waals surface area contributed by atoms with Gasteiger partial charge in [0.2, 0.25) is 0 Å². The Morgan fingerprint density at radius 1 is 0.971 bits per heavy atom. The van der Waals surface area contributed by atoms with Crippen LogP contribution >= 0.6 is 0 Å². The number of piperidine rings is 1. The van der Waals surface area contributed by atoms with Gasteiger partial charge in [-0.3, -0.25) is 0 Å². The molecule has 2 amide bonds. The first-order chi connectivity index (χ1) is 16.3. The number of carbonyl (C=O) groups excluding carboxylic acids is 1. The number of hydrogen-bond acceptors (Lipinski definition) is 2. The van der Waals surface area contributed by atoms with Gasteiger partial charge < -0.3 is 19.7 Å². The Balaban J connectivity index is 1.39. The fraction of sp³-hybridized carbons (Fsp3) is 0.400. The second-order valence-electron chi connectivity index (χ2n) is 9.00. The average Bonchev–Trinajstić information content (AvgIpc) is 3.41. The molecule has 0 unspecified atom stereocenters. The molecule has 3 aromatic rings. The van der Waals surface area contributed by atoms with Crippen LogP contribution in [0.4, 0.5) is 22.4 Å². The summed E-state index contributed by atoms with van der Waals surface area (Å²) >= 11 is 0. The molecule has 2 aromatic carbocycles. The van der Waals surface area contributed by atoms with Gasteiger partial charge in [0, 0.05) is 43.4 Å². The molecule has 1 aromatic heterocycles. The van der Waals surface area contributed by atoms with Crippen LogP contribution in [0.1, 0.15) is 29.9 Å². The highest BCUT2D eigenvalue weighted by Gasteiger charge is 2.32. The van der Waals surface area contributed by atoms with E-state index in [-0.39, 0.29) is 11.9 Å². The number of benzene rings is 2. The molecule has 2 saturated heterocycles. The predicted molar refractivity (Wildman–Crippen MR) is 122 cm³/mol. The fourth-order valence-electron chi connectivity index (χ4n) is 5.02. The molecule has 1 N–H and O–H groups in total. The summed E-state index contributed by atoms with van der Waals surface area (Å²) in [7, 11) is 0. The van der Waals surface area contributed by atoms with E-state index in [0.717, 1.165) is 56.0 Å². The summed E-state index contributed by atoms with van der Waals surface area (Å²) in [5.41, 5.74) is 1.41. The Hall–Kier alpha value is -3.07. The molecule has 0 aliphatic carbocycles. The number of halogens is 4. The van der Waals surface area contributed by atoms with E-state index < -0.39 is 17.6 Å². The van der Waals surface area contributed by atoms with Gasteiger partial charge in [-0.15, -0.1) is 0 Å². The standard InChI is InChI=1S/C25H26F4N4O/c26-19-2-4-20(5-3-19)33-16-22(21-6-1-18(15-23(21)33)25(27,28)29)17-7-10-31(11-8-17)13-14-32-12-9-30-24(32)34/h1-6,15-17H,7-14H2,(H,30,34). The lowest BCUT2D eigenvalue weighted by atomic mass is 9.89. The number of carbonyl (C=O) groups is 1. The highest BCUT2D eigenvalue weighted by atomic mass is 19.4. The van der Waals surface area contributed by atoms with Crippen molar-refractivity contribution in [2.75, 3.05) is 39.3 Å². The Bertz CT molecular complexity index is 1180. The van der Waals surface area contributed by atoms with E-state index in [1.165, 1.54) is 18.2 Å². The number of fused-ring (bicyclic) bond motifs is 1. The summed E-state index contributed by atoms with van der Waals surface area (Å²) in [5.74, 6) is -0.178. The van der Waals surface area contributed by atoms with E-state index in [1.54, 1.807) is 22.8 Å². The Morgan fingerprint density at radius 3 is 2.35 bits per heavy atom. The molecule has 5 nitrogen and oxygen atoms in total. The summed E-state index contributed by atoms with van der Waals surface area (Å²) in [6, 6.07) is 9.65. The lowest BCUT2D eigenvalue weighted by Crippen LogP contribution is -2.40. The van der Waals surface area contributed by atoms with Gasteiger partial charge in [0.05, 0.1) is 11.1 Å². The number of amides is 2. The average molecular weight is 475 g/mol. The van der Waals surface area contributed by atoms with E-state index in [0.29, 0.717) is 24.3 Å². The third-order valence-corrected chi connectivity index (χ3v) is 6.93. The summed E-state index contributed by atoms with van der Waals surface area (Å²) in [4.78, 5) is 15.9. The number of nitrogens with zero attached hydrogens (tertiary/aromatic N) is 3. The van der Waals surface area contributed by atoms with Gasteiger partial charge >= 0.3 is 12.2 Å². The summed E-state index contributed by atoms with van der Waals surface area (Å²) in [6.07, 6.45) is -0.762. The molecule has 3 heterocycles. The SMILES string of the molecule is O=C1NCCN1CCN1CCC(c2cn(-c3ccc(F)cc3)c3cc(C(F)(F)F)ccc23)CC1. The maximum atomic E-state index is 13.5. The van der Waals surface area contributed by atoms with Crippen LogP contribution in [0.3, 0.4) is 0 Å². The van der Waals surface area contributed by atoms with Gasteiger partial charge in [0.1, 0.15) is 5.82 Å². The summed E-state index contributed by atoms with van der Waals surface area (Å²) in [5, 5.41) is 3.61. The summed E-state index contributed by atoms with van der Waals surface area (Å²) < 4.78 is 55.5. The van der Waals surface area contributed by atoms with Crippen LogP contribution in [0.5, 0.6) is 0 Å². The van der Waals surface area contributed by atoms with Crippen molar-refractivity contribution in [2.24, 2.45) is 0 Å². The molecule has 2 aliphatic rings. The lowest BCUT2D eigenvalue weighted by molar-refractivity contribution is -0.137. The first-order valence-electron chi connectivity index (χ1n) is 11.5. The van der Waals surface area contributed by atoms with Gasteiger partial charge in [-0.25, -0.2) is 9.18 Å². The monoisotopic (exact) mass is 474 g/mol. The van der Waals surface area contributed by atoms with Crippen molar-refractivity contribution in [1.29, 1.82) is 0 Å². The van der Waals surface area contributed by atoms with Crippen LogP contribution in [0.15, 0.2) is 48.7 Å². The van der Waals surface area contributed by atoms with Crippen LogP contribution in [-0.2, 0) is 6.18 Å². The minimum atomic E-state index is -4.44. The fourth-order valence-corrected chi connectivity index (χ4v) is 5.02. The predicted octanol–water partition coefficient (Wildman–Crippen LogP) is 4.99. The van der Waals surface area contributed by atoms with Crippen LogP contribution in [0.2, 0.25) is 0 Å². The maximum Gasteiger partial charge on any atom is 0.416 e. The van der Waals surface area contributed by atoms with Crippen molar-refractivity contribution >= 4 is 16.9 Å². The Morgan fingerprint density at radius 2 is 1.71 bits per heavy atom. The van der Waals surface area contributed by atoms with Gasteiger partial charge in [-0.2, -0.15) is 13.2 Å². The molecule has 0 bridgehead atoms. The van der Waals surface area contributed by atoms with Crippen molar-refractivity contribution in [3.63, 3.8) is 0 Å². The number of likely N-dealkylation sites (tertiary alicyclic amines) is 1. The molecule has 34 heavy (non-hydrogen) atoms. The first kappa shape index (κ1) is 22.7. The largest absolute Gasteiger partial charge is 0.416 e. The number of aromatic nitrogens is 1. The van der Waals surface area contributed by atoms with Crippen LogP contribution < -0.4 is 5.32 Å². The zero-order chi connectivity index (χ0) is 23.9. The molecular formula is C25H26F4N4O. The molecule has 2 fully saturated rings. The Labute approximate surface area is 194 Å². The number of hydrogen-bond donors (Lipinski definition) is 1. The highest BCUT2D eigenvalue weighted by Crippen LogP contribution is 2.38. The van der Waals surface area contributed by atoms with E-state index in [2.05, 4.69) is 10.2 Å². The third-order valence-electron chi connectivity index (χ3n) is 6.93. The number of rotatable bonds is 5. The smallest absolute Gasteiger partial charge is 0.336 e. The van der Waals surface area contributed by atoms with E-state index in [4.69, 9.17) is 0 Å². The maximum absolute atomic E-state index is 13.5. The van der Waals surface area contributed by atoms with E-state index in [1.807, 2.05) is 11.1 Å². The van der Waals surface area contributed by atoms with Gasteiger partial charge in [-0.05, 0) is 73.8 Å². The molecule has 0 spiro atoms. The number of urea groups is 1. The molecule has 2 aliphatic heterocycles. The zero-order valence-electron chi connectivity index (χ0n) is 18.6. The summed E-state index contributed by atoms with van der Waals surface area (Å²) in [6.45, 7) is 4.66. The van der Waals surface area contributed by atoms with E-state index >= 15 is 0 Å². The molecule has 0 saturated carbocycles. The normalized spacial score (nSPS) is 18.1. The molecule has 0 radical (unpaired) electrons. The van der Waals surface area contributed by atoms with Crippen molar-refractivity contribution in [3.8, 4) is 5.69 Å². The highest BCUT2D eigenvalue weighted by molar-refractivity contribution is 5.87. The third kappa shape index (κ3) is 4.49. The van der Waals surface area contributed by atoms with Crippen molar-refractivity contribution in [3.05, 3.63) is 65.6 Å². The van der Waals surface area contributed by atoms with Crippen LogP contribution in [0, 0.1) is 5.82 Å². The molecule has 9 heteroatoms. The minimum Gasteiger partial charge on any atom is -0.336 e. The Kier molecular flexibility index (Phi) is 5.97. The molecule has 0 atom stereocenters. The van der Waals surface area contributed by atoms with Crippen molar-refractivity contribution < 1.29 is 22.4 Å². The second-order valence-corrected chi connectivity index (χ2v) is 9.00. The minimum absolute atomic E-state index is 0.0123. The van der Waals surface area contributed by atoms with Gasteiger partial charge in [-0.1, -0.05) is 6.07 Å². The second kappa shape index (κ2) is 8.94. The van der Waals surface area contributed by atoms with Crippen molar-refractivity contribution in [1.82, 2.24) is 19.7 Å². The van der Waals surface area contributed by atoms with Crippen molar-refractivity contribution in [2.45, 2.75) is 24.9 Å². The number of alkyl halides is 3. The van der Waals surface area contributed by atoms with Gasteiger partial charge in [0.25, 0.3) is 0 Å². The van der Waals surface area contributed by atoms with Crippen LogP contribution in [0.25, 0.3) is 16.6 Å². The lowest BCUT2D eigenvalue weighted by Gasteiger charge is -2.32. The zero-order valence-corrected chi connectivity index (χ0v) is 18.6. The molecule has 180 valence electrons. The topological polar surface area (TPSA) is 40.5 Å². The molecular weight excluding hydrogens is 448 g/mol. The number of nitrogens with one attached hydrogen (secondary N) is 1. The quantitative estimate of drug-likeness (QED) is 0.529. The first-order valence-corrected chi connectivity index (χ1v) is 11.5. The van der Waals surface area contributed by atoms with Crippen LogP contribution in [-0.4, -0.2) is 59.7 Å². The molecule has 5 rings (SSSR count). The van der Waals surface area contributed by atoms with E-state index in [9.17, 15) is 22.4 Å². The van der Waals surface area contributed by atoms with Gasteiger partial charge in [0.15, 0.2) is 0 Å².